The van der Waals surface area contributed by atoms with Crippen LogP contribution < -0.4 is 10.6 Å². The second kappa shape index (κ2) is 7.41. The molecule has 0 saturated heterocycles. The number of fused-ring (bicyclic) bond motifs is 1. The number of carbonyl (C=O) groups is 2. The smallest absolute Gasteiger partial charge is 0.292 e. The average molecular weight is 369 g/mol. The van der Waals surface area contributed by atoms with E-state index in [1.54, 1.807) is 47.0 Å². The number of amides is 2. The van der Waals surface area contributed by atoms with Crippen molar-refractivity contribution in [3.8, 4) is 0 Å². The Balaban J connectivity index is 1.99. The van der Waals surface area contributed by atoms with Crippen molar-refractivity contribution >= 4 is 34.6 Å². The lowest BCUT2D eigenvalue weighted by Crippen LogP contribution is -2.24. The Bertz CT molecular complexity index is 1010. The van der Waals surface area contributed by atoms with E-state index in [2.05, 4.69) is 22.2 Å². The highest BCUT2D eigenvalue weighted by molar-refractivity contribution is 6.31. The molecule has 2 heterocycles. The van der Waals surface area contributed by atoms with Gasteiger partial charge in [0.05, 0.1) is 5.52 Å². The maximum atomic E-state index is 12.8. The summed E-state index contributed by atoms with van der Waals surface area (Å²) in [6.45, 7) is 5.75. The lowest BCUT2D eigenvalue weighted by molar-refractivity contribution is 0.0955. The zero-order chi connectivity index (χ0) is 18.7. The highest BCUT2D eigenvalue weighted by atomic mass is 35.5. The number of carbonyl (C=O) groups excluding carboxylic acids is 2. The Hall–Kier alpha value is -3.12. The highest BCUT2D eigenvalue weighted by Gasteiger charge is 2.21. The molecule has 0 aliphatic carbocycles. The van der Waals surface area contributed by atoms with Crippen LogP contribution in [0.5, 0.6) is 0 Å². The zero-order valence-electron chi connectivity index (χ0n) is 14.1. The molecule has 2 amide bonds. The number of imidazole rings is 1. The summed E-state index contributed by atoms with van der Waals surface area (Å²) in [5.41, 5.74) is 2.18. The van der Waals surface area contributed by atoms with Gasteiger partial charge in [-0.3, -0.25) is 14.0 Å². The highest BCUT2D eigenvalue weighted by Crippen LogP contribution is 2.21. The average Bonchev–Trinajstić information content (AvgIpc) is 3.02. The molecule has 0 radical (unpaired) electrons. The van der Waals surface area contributed by atoms with Crippen LogP contribution in [0.4, 0.5) is 5.69 Å². The van der Waals surface area contributed by atoms with Crippen LogP contribution in [-0.4, -0.2) is 27.7 Å². The van der Waals surface area contributed by atoms with Crippen molar-refractivity contribution in [3.05, 3.63) is 77.4 Å². The van der Waals surface area contributed by atoms with Crippen LogP contribution in [0, 0.1) is 6.92 Å². The number of anilines is 1. The van der Waals surface area contributed by atoms with Gasteiger partial charge in [-0.05, 0) is 36.8 Å². The first-order chi connectivity index (χ1) is 12.5. The van der Waals surface area contributed by atoms with Crippen LogP contribution in [0.1, 0.15) is 26.7 Å². The SMILES string of the molecule is C=CCNC(=O)c1nc(C(=O)Nc2cc(Cl)ccc2C)n2ccccc12. The van der Waals surface area contributed by atoms with Gasteiger partial charge in [-0.15, -0.1) is 6.58 Å². The Kier molecular flexibility index (Phi) is 5.04. The van der Waals surface area contributed by atoms with Gasteiger partial charge in [0.1, 0.15) is 0 Å². The van der Waals surface area contributed by atoms with Crippen molar-refractivity contribution in [2.75, 3.05) is 11.9 Å². The molecule has 7 heteroatoms. The second-order valence-corrected chi connectivity index (χ2v) is 6.09. The first kappa shape index (κ1) is 17.7. The molecule has 0 aliphatic heterocycles. The number of hydrogen-bond acceptors (Lipinski definition) is 3. The van der Waals surface area contributed by atoms with E-state index in [0.29, 0.717) is 22.8 Å². The number of aryl methyl sites for hydroxylation is 1. The molecule has 0 aliphatic rings. The largest absolute Gasteiger partial charge is 0.347 e. The van der Waals surface area contributed by atoms with Gasteiger partial charge in [0, 0.05) is 23.5 Å². The van der Waals surface area contributed by atoms with E-state index in [9.17, 15) is 9.59 Å². The van der Waals surface area contributed by atoms with Gasteiger partial charge in [-0.1, -0.05) is 29.8 Å². The number of hydrogen-bond donors (Lipinski definition) is 2. The number of rotatable bonds is 5. The molecular weight excluding hydrogens is 352 g/mol. The van der Waals surface area contributed by atoms with Gasteiger partial charge in [-0.25, -0.2) is 4.98 Å². The minimum Gasteiger partial charge on any atom is -0.347 e. The predicted octanol–water partition coefficient (Wildman–Crippen LogP) is 3.46. The van der Waals surface area contributed by atoms with Gasteiger partial charge < -0.3 is 10.6 Å². The summed E-state index contributed by atoms with van der Waals surface area (Å²) in [5.74, 6) is -0.686. The summed E-state index contributed by atoms with van der Waals surface area (Å²) in [6.07, 6.45) is 3.26. The summed E-state index contributed by atoms with van der Waals surface area (Å²) in [6, 6.07) is 10.5. The Labute approximate surface area is 155 Å². The fourth-order valence-electron chi connectivity index (χ4n) is 2.52. The van der Waals surface area contributed by atoms with Crippen molar-refractivity contribution in [1.29, 1.82) is 0 Å². The monoisotopic (exact) mass is 368 g/mol. The molecule has 0 saturated carbocycles. The molecule has 3 aromatic rings. The molecule has 0 spiro atoms. The topological polar surface area (TPSA) is 75.5 Å². The normalized spacial score (nSPS) is 10.5. The van der Waals surface area contributed by atoms with Gasteiger partial charge in [0.25, 0.3) is 11.8 Å². The standard InChI is InChI=1S/C19H17ClN4O2/c1-3-9-21-18(25)16-15-6-4-5-10-24(15)17(23-16)19(26)22-14-11-13(20)8-7-12(14)2/h3-8,10-11H,1,9H2,2H3,(H,21,25)(H,22,26). The molecule has 0 atom stereocenters. The number of benzene rings is 1. The van der Waals surface area contributed by atoms with Crippen molar-refractivity contribution in [2.24, 2.45) is 0 Å². The second-order valence-electron chi connectivity index (χ2n) is 5.65. The summed E-state index contributed by atoms with van der Waals surface area (Å²) < 4.78 is 1.58. The minimum absolute atomic E-state index is 0.115. The molecule has 1 aromatic carbocycles. The van der Waals surface area contributed by atoms with Gasteiger partial charge in [0.15, 0.2) is 5.69 Å². The molecule has 132 valence electrons. The van der Waals surface area contributed by atoms with E-state index in [4.69, 9.17) is 11.6 Å². The van der Waals surface area contributed by atoms with Crippen LogP contribution in [0.15, 0.2) is 55.3 Å². The third-order valence-corrected chi connectivity index (χ3v) is 4.06. The summed E-state index contributed by atoms with van der Waals surface area (Å²) >= 11 is 6.00. The van der Waals surface area contributed by atoms with Crippen LogP contribution in [-0.2, 0) is 0 Å². The van der Waals surface area contributed by atoms with E-state index in [1.165, 1.54) is 0 Å². The third-order valence-electron chi connectivity index (χ3n) is 3.82. The molecule has 6 nitrogen and oxygen atoms in total. The zero-order valence-corrected chi connectivity index (χ0v) is 14.9. The molecule has 26 heavy (non-hydrogen) atoms. The van der Waals surface area contributed by atoms with E-state index in [1.807, 2.05) is 13.0 Å². The number of pyridine rings is 1. The van der Waals surface area contributed by atoms with Crippen LogP contribution >= 0.6 is 11.6 Å². The lowest BCUT2D eigenvalue weighted by atomic mass is 10.2. The third kappa shape index (κ3) is 3.45. The lowest BCUT2D eigenvalue weighted by Gasteiger charge is -2.08. The molecule has 0 bridgehead atoms. The minimum atomic E-state index is -0.431. The molecule has 2 aromatic heterocycles. The first-order valence-corrected chi connectivity index (χ1v) is 8.32. The fraction of sp³-hybridized carbons (Fsp3) is 0.105. The van der Waals surface area contributed by atoms with Crippen molar-refractivity contribution < 1.29 is 9.59 Å². The molecule has 0 fully saturated rings. The Morgan fingerprint density at radius 1 is 1.27 bits per heavy atom. The first-order valence-electron chi connectivity index (χ1n) is 7.95. The van der Waals surface area contributed by atoms with E-state index < -0.39 is 5.91 Å². The molecular formula is C19H17ClN4O2. The van der Waals surface area contributed by atoms with E-state index >= 15 is 0 Å². The van der Waals surface area contributed by atoms with Gasteiger partial charge in [0.2, 0.25) is 5.82 Å². The maximum Gasteiger partial charge on any atom is 0.292 e. The molecule has 2 N–H and O–H groups in total. The van der Waals surface area contributed by atoms with Crippen molar-refractivity contribution in [2.45, 2.75) is 6.92 Å². The number of halogens is 1. The van der Waals surface area contributed by atoms with Crippen LogP contribution in [0.2, 0.25) is 5.02 Å². The van der Waals surface area contributed by atoms with Gasteiger partial charge in [-0.2, -0.15) is 0 Å². The van der Waals surface area contributed by atoms with Crippen molar-refractivity contribution in [1.82, 2.24) is 14.7 Å². The van der Waals surface area contributed by atoms with Crippen LogP contribution in [0.25, 0.3) is 5.52 Å². The quantitative estimate of drug-likeness (QED) is 0.677. The predicted molar refractivity (Wildman–Crippen MR) is 102 cm³/mol. The van der Waals surface area contributed by atoms with E-state index in [0.717, 1.165) is 5.56 Å². The molecule has 0 unspecified atom stereocenters. The maximum absolute atomic E-state index is 12.8. The summed E-state index contributed by atoms with van der Waals surface area (Å²) in [7, 11) is 0. The fourth-order valence-corrected chi connectivity index (χ4v) is 2.69. The molecule has 3 rings (SSSR count). The van der Waals surface area contributed by atoms with E-state index in [-0.39, 0.29) is 17.4 Å². The van der Waals surface area contributed by atoms with Crippen molar-refractivity contribution in [3.63, 3.8) is 0 Å². The number of nitrogens with one attached hydrogen (secondary N) is 2. The Morgan fingerprint density at radius 3 is 2.85 bits per heavy atom. The number of nitrogens with zero attached hydrogens (tertiary/aromatic N) is 2. The van der Waals surface area contributed by atoms with Crippen LogP contribution in [0.3, 0.4) is 0 Å². The summed E-state index contributed by atoms with van der Waals surface area (Å²) in [4.78, 5) is 29.3. The number of aromatic nitrogens is 2. The Morgan fingerprint density at radius 2 is 2.08 bits per heavy atom. The summed E-state index contributed by atoms with van der Waals surface area (Å²) in [5, 5.41) is 5.99. The van der Waals surface area contributed by atoms with Gasteiger partial charge >= 0.3 is 0 Å².